The molecular formula is C10H12N2O. The highest BCUT2D eigenvalue weighted by molar-refractivity contribution is 5.92. The number of amides is 1. The van der Waals surface area contributed by atoms with Crippen molar-refractivity contribution in [1.82, 2.24) is 4.98 Å². The molecule has 1 aliphatic rings. The molecule has 13 heavy (non-hydrogen) atoms. The first-order valence-electron chi connectivity index (χ1n) is 4.57. The highest BCUT2D eigenvalue weighted by atomic mass is 16.1. The first kappa shape index (κ1) is 8.23. The largest absolute Gasteiger partial charge is 0.310 e. The van der Waals surface area contributed by atoms with Crippen LogP contribution >= 0.6 is 0 Å². The molecule has 0 unspecified atom stereocenters. The predicted octanol–water partition coefficient (Wildman–Crippen LogP) is 1.53. The minimum atomic E-state index is 0.0734. The van der Waals surface area contributed by atoms with E-state index < -0.39 is 0 Å². The van der Waals surface area contributed by atoms with Crippen LogP contribution in [0.5, 0.6) is 0 Å². The van der Waals surface area contributed by atoms with Gasteiger partial charge in [0.05, 0.1) is 0 Å². The van der Waals surface area contributed by atoms with Gasteiger partial charge in [-0.3, -0.25) is 4.79 Å². The van der Waals surface area contributed by atoms with E-state index in [1.165, 1.54) is 11.1 Å². The molecular weight excluding hydrogens is 164 g/mol. The molecule has 0 saturated heterocycles. The molecule has 0 bridgehead atoms. The molecule has 0 radical (unpaired) electrons. The predicted molar refractivity (Wildman–Crippen MR) is 50.6 cm³/mol. The van der Waals surface area contributed by atoms with Crippen LogP contribution in [0.3, 0.4) is 0 Å². The lowest BCUT2D eigenvalue weighted by atomic mass is 10.0. The number of nitrogens with one attached hydrogen (secondary N) is 1. The Hall–Kier alpha value is -1.38. The Balaban J connectivity index is 2.36. The molecule has 1 aromatic heterocycles. The summed E-state index contributed by atoms with van der Waals surface area (Å²) in [6.07, 6.45) is 4.22. The number of carbonyl (C=O) groups is 1. The summed E-state index contributed by atoms with van der Waals surface area (Å²) in [5.74, 6) is 0.817. The van der Waals surface area contributed by atoms with Crippen LogP contribution in [0, 0.1) is 0 Å². The van der Waals surface area contributed by atoms with E-state index in [1.54, 1.807) is 0 Å². The van der Waals surface area contributed by atoms with E-state index in [9.17, 15) is 4.79 Å². The first-order valence-corrected chi connectivity index (χ1v) is 4.57. The number of rotatable bonds is 1. The maximum absolute atomic E-state index is 11.0. The van der Waals surface area contributed by atoms with Gasteiger partial charge in [0.1, 0.15) is 5.82 Å². The fourth-order valence-corrected chi connectivity index (χ4v) is 1.50. The van der Waals surface area contributed by atoms with E-state index in [2.05, 4.69) is 23.3 Å². The molecule has 0 saturated carbocycles. The molecule has 1 aromatic rings. The summed E-state index contributed by atoms with van der Waals surface area (Å²) >= 11 is 0. The molecule has 0 fully saturated rings. The minimum Gasteiger partial charge on any atom is -0.310 e. The summed E-state index contributed by atoms with van der Waals surface area (Å²) in [4.78, 5) is 15.2. The van der Waals surface area contributed by atoms with Crippen molar-refractivity contribution in [3.63, 3.8) is 0 Å². The Morgan fingerprint density at radius 1 is 1.54 bits per heavy atom. The molecule has 68 valence electrons. The smallest absolute Gasteiger partial charge is 0.225 e. The van der Waals surface area contributed by atoms with Crippen molar-refractivity contribution in [3.8, 4) is 0 Å². The molecule has 0 aliphatic carbocycles. The zero-order valence-electron chi connectivity index (χ0n) is 7.63. The maximum Gasteiger partial charge on any atom is 0.225 e. The minimum absolute atomic E-state index is 0.0734. The van der Waals surface area contributed by atoms with Crippen LogP contribution in [-0.2, 0) is 17.6 Å². The zero-order valence-corrected chi connectivity index (χ0v) is 7.63. The number of anilines is 1. The quantitative estimate of drug-likeness (QED) is 0.705. The summed E-state index contributed by atoms with van der Waals surface area (Å²) in [6, 6.07) is 2.13. The van der Waals surface area contributed by atoms with E-state index in [0.717, 1.165) is 18.7 Å². The molecule has 0 spiro atoms. The Morgan fingerprint density at radius 2 is 2.38 bits per heavy atom. The Kier molecular flexibility index (Phi) is 2.00. The van der Waals surface area contributed by atoms with E-state index >= 15 is 0 Å². The molecule has 3 nitrogen and oxygen atoms in total. The second-order valence-electron chi connectivity index (χ2n) is 3.25. The van der Waals surface area contributed by atoms with Gasteiger partial charge in [0.2, 0.25) is 5.91 Å². The SMILES string of the molecule is CCc1cnc2c(c1)CCC(=O)N2. The molecule has 1 amide bonds. The lowest BCUT2D eigenvalue weighted by molar-refractivity contribution is -0.116. The van der Waals surface area contributed by atoms with Gasteiger partial charge in [0.25, 0.3) is 0 Å². The summed E-state index contributed by atoms with van der Waals surface area (Å²) in [5, 5.41) is 2.76. The van der Waals surface area contributed by atoms with Crippen molar-refractivity contribution in [2.75, 3.05) is 5.32 Å². The van der Waals surface area contributed by atoms with Gasteiger partial charge in [-0.1, -0.05) is 13.0 Å². The number of hydrogen-bond acceptors (Lipinski definition) is 2. The highest BCUT2D eigenvalue weighted by Crippen LogP contribution is 2.20. The number of aromatic nitrogens is 1. The average Bonchev–Trinajstić information content (AvgIpc) is 2.17. The van der Waals surface area contributed by atoms with Crippen molar-refractivity contribution in [3.05, 3.63) is 23.4 Å². The average molecular weight is 176 g/mol. The molecule has 1 N–H and O–H groups in total. The number of pyridine rings is 1. The molecule has 3 heteroatoms. The fraction of sp³-hybridized carbons (Fsp3) is 0.400. The standard InChI is InChI=1S/C10H12N2O/c1-2-7-5-8-3-4-9(13)12-10(8)11-6-7/h5-6H,2-4H2,1H3,(H,11,12,13). The van der Waals surface area contributed by atoms with Gasteiger partial charge in [-0.2, -0.15) is 0 Å². The third-order valence-electron chi connectivity index (χ3n) is 2.31. The van der Waals surface area contributed by atoms with Crippen LogP contribution in [0.15, 0.2) is 12.3 Å². The summed E-state index contributed by atoms with van der Waals surface area (Å²) in [6.45, 7) is 2.10. The van der Waals surface area contributed by atoms with Crippen molar-refractivity contribution >= 4 is 11.7 Å². The topological polar surface area (TPSA) is 42.0 Å². The normalized spacial score (nSPS) is 15.0. The lowest BCUT2D eigenvalue weighted by Crippen LogP contribution is -2.20. The van der Waals surface area contributed by atoms with Crippen molar-refractivity contribution < 1.29 is 4.79 Å². The third kappa shape index (κ3) is 1.54. The first-order chi connectivity index (χ1) is 6.29. The molecule has 0 atom stereocenters. The molecule has 0 aromatic carbocycles. The van der Waals surface area contributed by atoms with Crippen molar-refractivity contribution in [2.45, 2.75) is 26.2 Å². The Labute approximate surface area is 77.2 Å². The number of nitrogens with zero attached hydrogens (tertiary/aromatic N) is 1. The van der Waals surface area contributed by atoms with Gasteiger partial charge in [-0.15, -0.1) is 0 Å². The second-order valence-corrected chi connectivity index (χ2v) is 3.25. The summed E-state index contributed by atoms with van der Waals surface area (Å²) < 4.78 is 0. The van der Waals surface area contributed by atoms with Gasteiger partial charge in [-0.25, -0.2) is 4.98 Å². The third-order valence-corrected chi connectivity index (χ3v) is 2.31. The van der Waals surface area contributed by atoms with Gasteiger partial charge in [0.15, 0.2) is 0 Å². The number of fused-ring (bicyclic) bond motifs is 1. The van der Waals surface area contributed by atoms with Gasteiger partial charge in [-0.05, 0) is 24.0 Å². The van der Waals surface area contributed by atoms with E-state index in [4.69, 9.17) is 0 Å². The number of hydrogen-bond donors (Lipinski definition) is 1. The second kappa shape index (κ2) is 3.17. The van der Waals surface area contributed by atoms with Crippen LogP contribution in [0.2, 0.25) is 0 Å². The van der Waals surface area contributed by atoms with E-state index in [0.29, 0.717) is 6.42 Å². The van der Waals surface area contributed by atoms with Crippen LogP contribution in [0.4, 0.5) is 5.82 Å². The fourth-order valence-electron chi connectivity index (χ4n) is 1.50. The Morgan fingerprint density at radius 3 is 3.15 bits per heavy atom. The maximum atomic E-state index is 11.0. The summed E-state index contributed by atoms with van der Waals surface area (Å²) in [5.41, 5.74) is 2.40. The van der Waals surface area contributed by atoms with E-state index in [-0.39, 0.29) is 5.91 Å². The van der Waals surface area contributed by atoms with Gasteiger partial charge in [0, 0.05) is 12.6 Å². The number of carbonyl (C=O) groups excluding carboxylic acids is 1. The van der Waals surface area contributed by atoms with Crippen LogP contribution < -0.4 is 5.32 Å². The van der Waals surface area contributed by atoms with Crippen LogP contribution in [0.1, 0.15) is 24.5 Å². The van der Waals surface area contributed by atoms with Crippen LogP contribution in [-0.4, -0.2) is 10.9 Å². The zero-order chi connectivity index (χ0) is 9.26. The van der Waals surface area contributed by atoms with E-state index in [1.807, 2.05) is 6.20 Å². The Bertz CT molecular complexity index is 347. The van der Waals surface area contributed by atoms with Crippen LogP contribution in [0.25, 0.3) is 0 Å². The molecule has 1 aliphatic heterocycles. The van der Waals surface area contributed by atoms with Gasteiger partial charge < -0.3 is 5.32 Å². The van der Waals surface area contributed by atoms with Crippen molar-refractivity contribution in [2.24, 2.45) is 0 Å². The monoisotopic (exact) mass is 176 g/mol. The molecule has 2 heterocycles. The van der Waals surface area contributed by atoms with Crippen molar-refractivity contribution in [1.29, 1.82) is 0 Å². The number of aryl methyl sites for hydroxylation is 2. The summed E-state index contributed by atoms with van der Waals surface area (Å²) in [7, 11) is 0. The van der Waals surface area contributed by atoms with Gasteiger partial charge >= 0.3 is 0 Å². The highest BCUT2D eigenvalue weighted by Gasteiger charge is 2.15. The lowest BCUT2D eigenvalue weighted by Gasteiger charge is -2.15. The molecule has 2 rings (SSSR count).